The van der Waals surface area contributed by atoms with E-state index in [0.717, 1.165) is 24.3 Å². The van der Waals surface area contributed by atoms with Crippen LogP contribution in [0.25, 0.3) is 0 Å². The van der Waals surface area contributed by atoms with Gasteiger partial charge in [-0.2, -0.15) is 0 Å². The second-order valence-corrected chi connectivity index (χ2v) is 4.17. The molecule has 0 amide bonds. The lowest BCUT2D eigenvalue weighted by Crippen LogP contribution is -2.15. The van der Waals surface area contributed by atoms with Gasteiger partial charge in [0.05, 0.1) is 0 Å². The zero-order chi connectivity index (χ0) is 10.7. The van der Waals surface area contributed by atoms with E-state index in [1.807, 2.05) is 18.2 Å². The fourth-order valence-electron chi connectivity index (χ4n) is 2.01. The average molecular weight is 203 g/mol. The van der Waals surface area contributed by atoms with Crippen LogP contribution in [0.1, 0.15) is 19.8 Å². The molecule has 0 aromatic rings. The Hall–Kier alpha value is -1.44. The lowest BCUT2D eigenvalue weighted by Gasteiger charge is -2.23. The highest BCUT2D eigenvalue weighted by Gasteiger charge is 2.20. The number of fused-ring (bicyclic) bond motifs is 1. The predicted octanol–water partition coefficient (Wildman–Crippen LogP) is 2.66. The molecular formula is C13H17NO. The van der Waals surface area contributed by atoms with Gasteiger partial charge in [-0.1, -0.05) is 17.7 Å². The van der Waals surface area contributed by atoms with Crippen molar-refractivity contribution < 1.29 is 4.74 Å². The number of nitrogens with two attached hydrogens (primary N) is 1. The highest BCUT2D eigenvalue weighted by atomic mass is 16.5. The van der Waals surface area contributed by atoms with Crippen molar-refractivity contribution in [3.63, 3.8) is 0 Å². The Morgan fingerprint density at radius 1 is 1.27 bits per heavy atom. The van der Waals surface area contributed by atoms with Crippen molar-refractivity contribution in [3.8, 4) is 0 Å². The van der Waals surface area contributed by atoms with E-state index in [-0.39, 0.29) is 0 Å². The van der Waals surface area contributed by atoms with Crippen LogP contribution < -0.4 is 5.73 Å². The largest absolute Gasteiger partial charge is 0.494 e. The van der Waals surface area contributed by atoms with E-state index in [0.29, 0.717) is 12.5 Å². The van der Waals surface area contributed by atoms with Crippen LogP contribution in [-0.4, -0.2) is 6.61 Å². The number of ether oxygens (including phenoxy) is 1. The van der Waals surface area contributed by atoms with Crippen molar-refractivity contribution in [2.75, 3.05) is 6.61 Å². The Balaban J connectivity index is 2.20. The van der Waals surface area contributed by atoms with Crippen molar-refractivity contribution in [1.29, 1.82) is 0 Å². The normalized spacial score (nSPS) is 31.5. The quantitative estimate of drug-likeness (QED) is 0.657. The molecule has 2 heteroatoms. The summed E-state index contributed by atoms with van der Waals surface area (Å²) in [6, 6.07) is 0. The summed E-state index contributed by atoms with van der Waals surface area (Å²) in [5.41, 5.74) is 8.17. The summed E-state index contributed by atoms with van der Waals surface area (Å²) in [4.78, 5) is 0. The van der Waals surface area contributed by atoms with Crippen molar-refractivity contribution in [3.05, 3.63) is 47.4 Å². The molecule has 0 fully saturated rings. The number of allylic oxidation sites excluding steroid dienone is 7. The first-order chi connectivity index (χ1) is 7.25. The van der Waals surface area contributed by atoms with Crippen molar-refractivity contribution in [2.45, 2.75) is 19.8 Å². The molecule has 0 saturated heterocycles. The third kappa shape index (κ3) is 2.52. The molecule has 1 unspecified atom stereocenters. The minimum Gasteiger partial charge on any atom is -0.494 e. The van der Waals surface area contributed by atoms with E-state index < -0.39 is 0 Å². The summed E-state index contributed by atoms with van der Waals surface area (Å²) >= 11 is 0. The number of rotatable bonds is 0. The molecule has 2 rings (SSSR count). The maximum absolute atomic E-state index is 5.84. The zero-order valence-electron chi connectivity index (χ0n) is 9.07. The molecule has 0 aromatic carbocycles. The summed E-state index contributed by atoms with van der Waals surface area (Å²) in [5.74, 6) is 1.50. The molecule has 15 heavy (non-hydrogen) atoms. The van der Waals surface area contributed by atoms with Gasteiger partial charge < -0.3 is 10.5 Å². The van der Waals surface area contributed by atoms with Crippen LogP contribution in [0.4, 0.5) is 0 Å². The molecule has 1 heterocycles. The lowest BCUT2D eigenvalue weighted by molar-refractivity contribution is 0.202. The molecule has 0 bridgehead atoms. The van der Waals surface area contributed by atoms with E-state index in [9.17, 15) is 0 Å². The van der Waals surface area contributed by atoms with Gasteiger partial charge in [0.2, 0.25) is 0 Å². The van der Waals surface area contributed by atoms with Crippen LogP contribution in [0.5, 0.6) is 0 Å². The minimum atomic E-state index is 0.422. The van der Waals surface area contributed by atoms with Crippen LogP contribution in [0.2, 0.25) is 0 Å². The zero-order valence-corrected chi connectivity index (χ0v) is 9.07. The fraction of sp³-hybridized carbons (Fsp3) is 0.385. The third-order valence-electron chi connectivity index (χ3n) is 2.78. The van der Waals surface area contributed by atoms with Crippen molar-refractivity contribution in [2.24, 2.45) is 11.7 Å². The first-order valence-corrected chi connectivity index (χ1v) is 5.37. The highest BCUT2D eigenvalue weighted by molar-refractivity contribution is 5.25. The van der Waals surface area contributed by atoms with E-state index in [2.05, 4.69) is 19.1 Å². The maximum Gasteiger partial charge on any atom is 0.106 e. The van der Waals surface area contributed by atoms with E-state index in [1.54, 1.807) is 0 Å². The summed E-state index contributed by atoms with van der Waals surface area (Å²) in [6.07, 6.45) is 12.2. The lowest BCUT2D eigenvalue weighted by atomic mass is 9.90. The van der Waals surface area contributed by atoms with Crippen LogP contribution in [0.15, 0.2) is 47.4 Å². The summed E-state index contributed by atoms with van der Waals surface area (Å²) in [6.45, 7) is 2.81. The molecule has 2 N–H and O–H groups in total. The van der Waals surface area contributed by atoms with Crippen LogP contribution in [-0.2, 0) is 4.74 Å². The van der Waals surface area contributed by atoms with Crippen LogP contribution >= 0.6 is 0 Å². The van der Waals surface area contributed by atoms with Crippen molar-refractivity contribution >= 4 is 0 Å². The van der Waals surface area contributed by atoms with Crippen molar-refractivity contribution in [1.82, 2.24) is 0 Å². The monoisotopic (exact) mass is 203 g/mol. The van der Waals surface area contributed by atoms with Gasteiger partial charge in [0.1, 0.15) is 12.4 Å². The SMILES string of the molecule is C/C1=C/C=C\COC2=CC=C(N)CC2C1. The first-order valence-electron chi connectivity index (χ1n) is 5.37. The third-order valence-corrected chi connectivity index (χ3v) is 2.78. The number of hydrogen-bond acceptors (Lipinski definition) is 2. The Morgan fingerprint density at radius 3 is 3.00 bits per heavy atom. The average Bonchev–Trinajstić information content (AvgIpc) is 2.27. The van der Waals surface area contributed by atoms with Gasteiger partial charge in [-0.05, 0) is 38.0 Å². The Labute approximate surface area is 90.8 Å². The molecule has 0 spiro atoms. The first kappa shape index (κ1) is 10.1. The molecule has 1 aliphatic carbocycles. The van der Waals surface area contributed by atoms with Gasteiger partial charge in [-0.25, -0.2) is 0 Å². The van der Waals surface area contributed by atoms with E-state index in [4.69, 9.17) is 10.5 Å². The van der Waals surface area contributed by atoms with Gasteiger partial charge in [-0.15, -0.1) is 0 Å². The molecule has 0 aromatic heterocycles. The molecule has 2 nitrogen and oxygen atoms in total. The fourth-order valence-corrected chi connectivity index (χ4v) is 2.01. The summed E-state index contributed by atoms with van der Waals surface area (Å²) < 4.78 is 5.70. The van der Waals surface area contributed by atoms with E-state index >= 15 is 0 Å². The molecule has 2 aliphatic rings. The number of hydrogen-bond donors (Lipinski definition) is 1. The van der Waals surface area contributed by atoms with Gasteiger partial charge in [0, 0.05) is 11.6 Å². The Morgan fingerprint density at radius 2 is 2.13 bits per heavy atom. The highest BCUT2D eigenvalue weighted by Crippen LogP contribution is 2.30. The molecular weight excluding hydrogens is 186 g/mol. The molecule has 0 radical (unpaired) electrons. The van der Waals surface area contributed by atoms with E-state index in [1.165, 1.54) is 5.57 Å². The van der Waals surface area contributed by atoms with Gasteiger partial charge >= 0.3 is 0 Å². The summed E-state index contributed by atoms with van der Waals surface area (Å²) in [5, 5.41) is 0. The standard InChI is InChI=1S/C13H17NO/c1-10-4-2-3-7-15-13-6-5-12(14)9-11(13)8-10/h2-6,11H,7-9,14H2,1H3/b3-2-,10-4-. The summed E-state index contributed by atoms with van der Waals surface area (Å²) in [7, 11) is 0. The van der Waals surface area contributed by atoms with Gasteiger partial charge in [0.15, 0.2) is 0 Å². The second-order valence-electron chi connectivity index (χ2n) is 4.17. The molecule has 80 valence electrons. The smallest absolute Gasteiger partial charge is 0.106 e. The second kappa shape index (κ2) is 4.39. The predicted molar refractivity (Wildman–Crippen MR) is 61.9 cm³/mol. The van der Waals surface area contributed by atoms with Crippen LogP contribution in [0.3, 0.4) is 0 Å². The molecule has 0 saturated carbocycles. The molecule has 1 aliphatic heterocycles. The van der Waals surface area contributed by atoms with Gasteiger partial charge in [0.25, 0.3) is 0 Å². The Kier molecular flexibility index (Phi) is 2.95. The Bertz CT molecular complexity index is 361. The molecule has 1 atom stereocenters. The van der Waals surface area contributed by atoms with Crippen LogP contribution in [0, 0.1) is 5.92 Å². The maximum atomic E-state index is 5.84. The van der Waals surface area contributed by atoms with Gasteiger partial charge in [-0.3, -0.25) is 0 Å². The topological polar surface area (TPSA) is 35.2 Å². The minimum absolute atomic E-state index is 0.422.